The van der Waals surface area contributed by atoms with Crippen LogP contribution in [0.1, 0.15) is 12.8 Å². The van der Waals surface area contributed by atoms with Crippen LogP contribution in [-0.4, -0.2) is 110 Å². The van der Waals surface area contributed by atoms with Crippen LogP contribution in [0, 0.1) is 0 Å². The summed E-state index contributed by atoms with van der Waals surface area (Å²) in [5.74, 6) is 5.48. The molecule has 0 aromatic carbocycles. The Hall–Kier alpha value is -1.31. The van der Waals surface area contributed by atoms with Crippen LogP contribution in [0.3, 0.4) is 0 Å². The first-order chi connectivity index (χ1) is 15.2. The van der Waals surface area contributed by atoms with Gasteiger partial charge in [-0.15, -0.1) is 0 Å². The fourth-order valence-corrected chi connectivity index (χ4v) is 2.22. The number of carbonyl (C=O) groups is 1. The molecule has 0 aliphatic rings. The quantitative estimate of drug-likeness (QED) is 0.0579. The first-order valence-electron chi connectivity index (χ1n) is 10.8. The number of hydrogen-bond acceptors (Lipinski definition) is 11. The second kappa shape index (κ2) is 25.0. The van der Waals surface area contributed by atoms with Gasteiger partial charge in [0, 0.05) is 25.7 Å². The molecule has 0 unspecified atom stereocenters. The van der Waals surface area contributed by atoms with Crippen LogP contribution in [0.4, 0.5) is 0 Å². The lowest BCUT2D eigenvalue weighted by Gasteiger charge is -2.15. The Labute approximate surface area is 186 Å². The van der Waals surface area contributed by atoms with Crippen molar-refractivity contribution in [2.24, 2.45) is 11.6 Å². The van der Waals surface area contributed by atoms with E-state index in [-0.39, 0.29) is 0 Å². The summed E-state index contributed by atoms with van der Waals surface area (Å²) in [5.41, 5.74) is 8.80. The van der Waals surface area contributed by atoms with Gasteiger partial charge in [-0.05, 0) is 26.6 Å². The zero-order chi connectivity index (χ0) is 22.8. The second-order valence-electron chi connectivity index (χ2n) is 6.67. The molecule has 0 bridgehead atoms. The summed E-state index contributed by atoms with van der Waals surface area (Å²) in [6.07, 6.45) is 4.00. The molecule has 31 heavy (non-hydrogen) atoms. The van der Waals surface area contributed by atoms with Crippen molar-refractivity contribution in [3.05, 3.63) is 11.9 Å². The molecule has 6 N–H and O–H groups in total. The lowest BCUT2D eigenvalue weighted by molar-refractivity contribution is -0.108. The summed E-state index contributed by atoms with van der Waals surface area (Å²) in [6.45, 7) is 8.27. The van der Waals surface area contributed by atoms with Gasteiger partial charge >= 0.3 is 0 Å². The van der Waals surface area contributed by atoms with E-state index in [1.165, 1.54) is 0 Å². The summed E-state index contributed by atoms with van der Waals surface area (Å²) in [6, 6.07) is 0. The zero-order valence-corrected chi connectivity index (χ0v) is 19.0. The molecule has 0 radical (unpaired) electrons. The van der Waals surface area contributed by atoms with Gasteiger partial charge in [0.2, 0.25) is 0 Å². The standard InChI is InChI=1S/C20H43N5O6/c1-25(6-2-4-21)7-11-29-14-15-30-16-17-31-19-20(24-22)18-23-5-10-28-13-12-27-9-3-8-26/h8,18,23-24H,2-7,9-17,19,21-22H2,1H3/b20-18-. The number of likely N-dealkylation sites (N-methyl/N-ethyl adjacent to an activating group) is 1. The van der Waals surface area contributed by atoms with Gasteiger partial charge in [-0.3, -0.25) is 5.84 Å². The highest BCUT2D eigenvalue weighted by Crippen LogP contribution is 1.90. The fraction of sp³-hybridized carbons (Fsp3) is 0.850. The Morgan fingerprint density at radius 2 is 1.48 bits per heavy atom. The number of rotatable bonds is 25. The third-order valence-corrected chi connectivity index (χ3v) is 3.97. The van der Waals surface area contributed by atoms with Gasteiger partial charge in [0.1, 0.15) is 6.29 Å². The average Bonchev–Trinajstić information content (AvgIpc) is 2.78. The van der Waals surface area contributed by atoms with Gasteiger partial charge in [-0.1, -0.05) is 0 Å². The van der Waals surface area contributed by atoms with Gasteiger partial charge in [0.05, 0.1) is 71.8 Å². The van der Waals surface area contributed by atoms with Gasteiger partial charge in [0.15, 0.2) is 0 Å². The summed E-state index contributed by atoms with van der Waals surface area (Å²) < 4.78 is 27.1. The Morgan fingerprint density at radius 3 is 2.13 bits per heavy atom. The summed E-state index contributed by atoms with van der Waals surface area (Å²) in [5, 5.41) is 3.09. The molecule has 0 spiro atoms. The van der Waals surface area contributed by atoms with E-state index in [0.717, 1.165) is 31.5 Å². The predicted molar refractivity (Wildman–Crippen MR) is 119 cm³/mol. The molecule has 0 aliphatic carbocycles. The van der Waals surface area contributed by atoms with Crippen molar-refractivity contribution in [3.8, 4) is 0 Å². The largest absolute Gasteiger partial charge is 0.387 e. The maximum Gasteiger partial charge on any atom is 0.122 e. The molecule has 0 saturated carbocycles. The number of nitrogens with two attached hydrogens (primary N) is 2. The molecule has 0 heterocycles. The van der Waals surface area contributed by atoms with Gasteiger partial charge < -0.3 is 49.9 Å². The van der Waals surface area contributed by atoms with Crippen LogP contribution in [0.5, 0.6) is 0 Å². The summed E-state index contributed by atoms with van der Waals surface area (Å²) >= 11 is 0. The molecule has 0 fully saturated rings. The van der Waals surface area contributed by atoms with Crippen molar-refractivity contribution in [2.45, 2.75) is 12.8 Å². The Kier molecular flexibility index (Phi) is 23.9. The highest BCUT2D eigenvalue weighted by atomic mass is 16.5. The first-order valence-corrected chi connectivity index (χ1v) is 10.8. The minimum Gasteiger partial charge on any atom is -0.387 e. The number of nitrogens with one attached hydrogen (secondary N) is 2. The molecule has 0 rings (SSSR count). The number of hydrazine groups is 1. The molecule has 0 aromatic heterocycles. The molecule has 0 saturated heterocycles. The van der Waals surface area contributed by atoms with E-state index >= 15 is 0 Å². The number of ether oxygens (including phenoxy) is 5. The van der Waals surface area contributed by atoms with Crippen molar-refractivity contribution in [1.29, 1.82) is 0 Å². The van der Waals surface area contributed by atoms with E-state index < -0.39 is 0 Å². The monoisotopic (exact) mass is 449 g/mol. The van der Waals surface area contributed by atoms with E-state index in [9.17, 15) is 4.79 Å². The second-order valence-corrected chi connectivity index (χ2v) is 6.67. The lowest BCUT2D eigenvalue weighted by Crippen LogP contribution is -2.27. The molecular weight excluding hydrogens is 406 g/mol. The van der Waals surface area contributed by atoms with E-state index in [4.69, 9.17) is 35.3 Å². The zero-order valence-electron chi connectivity index (χ0n) is 19.0. The van der Waals surface area contributed by atoms with Crippen molar-refractivity contribution >= 4 is 6.29 Å². The maximum atomic E-state index is 10.1. The minimum atomic E-state index is 0.351. The molecule has 11 heteroatoms. The summed E-state index contributed by atoms with van der Waals surface area (Å²) in [7, 11) is 2.06. The third kappa shape index (κ3) is 23.2. The van der Waals surface area contributed by atoms with Crippen LogP contribution < -0.4 is 22.3 Å². The molecule has 184 valence electrons. The van der Waals surface area contributed by atoms with Crippen molar-refractivity contribution < 1.29 is 28.5 Å². The van der Waals surface area contributed by atoms with Crippen LogP contribution in [0.15, 0.2) is 11.9 Å². The van der Waals surface area contributed by atoms with Crippen molar-refractivity contribution in [1.82, 2.24) is 15.6 Å². The Morgan fingerprint density at radius 1 is 0.871 bits per heavy atom. The van der Waals surface area contributed by atoms with Crippen LogP contribution in [-0.2, 0) is 28.5 Å². The number of nitrogens with zero attached hydrogens (tertiary/aromatic N) is 1. The first kappa shape index (κ1) is 29.7. The van der Waals surface area contributed by atoms with Crippen LogP contribution >= 0.6 is 0 Å². The minimum absolute atomic E-state index is 0.351. The van der Waals surface area contributed by atoms with Crippen LogP contribution in [0.25, 0.3) is 0 Å². The van der Waals surface area contributed by atoms with E-state index in [2.05, 4.69) is 22.7 Å². The van der Waals surface area contributed by atoms with Crippen molar-refractivity contribution in [3.63, 3.8) is 0 Å². The number of aldehydes is 1. The Balaban J connectivity index is 3.43. The van der Waals surface area contributed by atoms with Gasteiger partial charge in [0.25, 0.3) is 0 Å². The highest BCUT2D eigenvalue weighted by Gasteiger charge is 1.98. The molecular formula is C20H43N5O6. The molecule has 0 amide bonds. The third-order valence-electron chi connectivity index (χ3n) is 3.97. The topological polar surface area (TPSA) is 143 Å². The fourth-order valence-electron chi connectivity index (χ4n) is 2.22. The van der Waals surface area contributed by atoms with Gasteiger partial charge in [-0.25, -0.2) is 0 Å². The van der Waals surface area contributed by atoms with Crippen LogP contribution in [0.2, 0.25) is 0 Å². The molecule has 0 atom stereocenters. The molecule has 11 nitrogen and oxygen atoms in total. The highest BCUT2D eigenvalue weighted by molar-refractivity contribution is 5.49. The normalized spacial score (nSPS) is 11.8. The van der Waals surface area contributed by atoms with E-state index in [0.29, 0.717) is 85.6 Å². The van der Waals surface area contributed by atoms with Gasteiger partial charge in [-0.2, -0.15) is 0 Å². The maximum absolute atomic E-state index is 10.1. The van der Waals surface area contributed by atoms with E-state index in [1.54, 1.807) is 6.20 Å². The predicted octanol–water partition coefficient (Wildman–Crippen LogP) is -1.17. The molecule has 0 aromatic rings. The lowest BCUT2D eigenvalue weighted by atomic mass is 10.4. The van der Waals surface area contributed by atoms with E-state index in [1.807, 2.05) is 0 Å². The number of carbonyl (C=O) groups excluding carboxylic acids is 1. The summed E-state index contributed by atoms with van der Waals surface area (Å²) in [4.78, 5) is 12.3. The average molecular weight is 450 g/mol. The SMILES string of the molecule is CN(CCCN)CCOCCOCCOC/C(=C/NCCOCCOCCC=O)NN. The molecule has 0 aliphatic heterocycles. The number of hydrogen-bond donors (Lipinski definition) is 4. The smallest absolute Gasteiger partial charge is 0.122 e. The Bertz CT molecular complexity index is 418. The van der Waals surface area contributed by atoms with Crippen molar-refractivity contribution in [2.75, 3.05) is 99.3 Å².